The molecule has 0 radical (unpaired) electrons. The molecule has 1 unspecified atom stereocenters. The molecule has 0 aliphatic rings. The lowest BCUT2D eigenvalue weighted by Crippen LogP contribution is -2.11. The molecule has 1 atom stereocenters. The summed E-state index contributed by atoms with van der Waals surface area (Å²) in [5, 5.41) is 0. The first-order valence-corrected chi connectivity index (χ1v) is 10.5. The maximum atomic E-state index is 12.6. The van der Waals surface area contributed by atoms with Crippen LogP contribution in [0.2, 0.25) is 0 Å². The van der Waals surface area contributed by atoms with Gasteiger partial charge in [-0.15, -0.1) is 0 Å². The van der Waals surface area contributed by atoms with E-state index in [0.29, 0.717) is 23.0 Å². The van der Waals surface area contributed by atoms with Gasteiger partial charge in [-0.25, -0.2) is 4.79 Å². The van der Waals surface area contributed by atoms with Crippen LogP contribution in [0.15, 0.2) is 66.7 Å². The summed E-state index contributed by atoms with van der Waals surface area (Å²) < 4.78 is 11.8. The van der Waals surface area contributed by atoms with E-state index < -0.39 is 0 Å². The normalized spacial score (nSPS) is 11.9. The molecule has 3 nitrogen and oxygen atoms in total. The van der Waals surface area contributed by atoms with E-state index >= 15 is 0 Å². The quantitative estimate of drug-likeness (QED) is 0.320. The second kappa shape index (κ2) is 9.62. The second-order valence-electron chi connectivity index (χ2n) is 8.22. The molecule has 0 aromatic heterocycles. The fourth-order valence-corrected chi connectivity index (χ4v) is 3.38. The van der Waals surface area contributed by atoms with Crippen LogP contribution in [0.5, 0.6) is 11.5 Å². The summed E-state index contributed by atoms with van der Waals surface area (Å²) in [6.07, 6.45) is 0.941. The van der Waals surface area contributed by atoms with Gasteiger partial charge in [0, 0.05) is 0 Å². The van der Waals surface area contributed by atoms with Crippen molar-refractivity contribution in [2.45, 2.75) is 47.1 Å². The number of ether oxygens (including phenoxy) is 2. The zero-order valence-corrected chi connectivity index (χ0v) is 18.4. The summed E-state index contributed by atoms with van der Waals surface area (Å²) in [4.78, 5) is 12.6. The summed E-state index contributed by atoms with van der Waals surface area (Å²) in [7, 11) is 0. The van der Waals surface area contributed by atoms with Crippen LogP contribution in [0.25, 0.3) is 0 Å². The monoisotopic (exact) mass is 402 g/mol. The average molecular weight is 403 g/mol. The van der Waals surface area contributed by atoms with Gasteiger partial charge >= 0.3 is 5.97 Å². The molecule has 0 N–H and O–H groups in total. The van der Waals surface area contributed by atoms with Gasteiger partial charge in [0.1, 0.15) is 17.6 Å². The number of aryl methyl sites for hydroxylation is 1. The Balaban J connectivity index is 1.77. The average Bonchev–Trinajstić information content (AvgIpc) is 2.72. The van der Waals surface area contributed by atoms with Gasteiger partial charge in [0.15, 0.2) is 0 Å². The molecule has 3 rings (SSSR count). The van der Waals surface area contributed by atoms with Crippen LogP contribution in [-0.4, -0.2) is 5.97 Å². The summed E-state index contributed by atoms with van der Waals surface area (Å²) in [5.41, 5.74) is 4.94. The van der Waals surface area contributed by atoms with Gasteiger partial charge in [0.2, 0.25) is 0 Å². The van der Waals surface area contributed by atoms with Gasteiger partial charge < -0.3 is 9.47 Å². The summed E-state index contributed by atoms with van der Waals surface area (Å²) >= 11 is 0. The van der Waals surface area contributed by atoms with Crippen LogP contribution < -0.4 is 9.47 Å². The number of rotatable bonds is 7. The van der Waals surface area contributed by atoms with E-state index in [2.05, 4.69) is 38.1 Å². The largest absolute Gasteiger partial charge is 0.486 e. The number of para-hydroxylation sites is 1. The third kappa shape index (κ3) is 5.50. The number of hydrogen-bond acceptors (Lipinski definition) is 3. The van der Waals surface area contributed by atoms with Crippen molar-refractivity contribution in [3.63, 3.8) is 0 Å². The first-order chi connectivity index (χ1) is 14.3. The van der Waals surface area contributed by atoms with E-state index in [-0.39, 0.29) is 12.1 Å². The molecule has 3 heteroatoms. The van der Waals surface area contributed by atoms with Crippen molar-refractivity contribution in [1.82, 2.24) is 0 Å². The zero-order chi connectivity index (χ0) is 21.7. The molecule has 0 saturated carbocycles. The minimum atomic E-state index is -0.389. The lowest BCUT2D eigenvalue weighted by molar-refractivity contribution is 0.0734. The van der Waals surface area contributed by atoms with E-state index in [1.165, 1.54) is 5.56 Å². The highest BCUT2D eigenvalue weighted by Gasteiger charge is 2.16. The molecular weight excluding hydrogens is 372 g/mol. The number of esters is 1. The molecule has 3 aromatic carbocycles. The number of benzene rings is 3. The minimum Gasteiger partial charge on any atom is -0.486 e. The maximum Gasteiger partial charge on any atom is 0.343 e. The molecule has 0 saturated heterocycles. The molecule has 0 spiro atoms. The number of carbonyl (C=O) groups is 1. The summed E-state index contributed by atoms with van der Waals surface area (Å²) in [6, 6.07) is 21.3. The SMILES string of the molecule is Cc1cc(C(=O)Oc2ccccc2)cc(OC(C)c2ccc(CC(C)C)cc2)c1C. The highest BCUT2D eigenvalue weighted by Crippen LogP contribution is 2.29. The van der Waals surface area contributed by atoms with Crippen molar-refractivity contribution in [1.29, 1.82) is 0 Å². The molecule has 0 aliphatic carbocycles. The van der Waals surface area contributed by atoms with Crippen molar-refractivity contribution < 1.29 is 14.3 Å². The Bertz CT molecular complexity index is 989. The maximum absolute atomic E-state index is 12.6. The van der Waals surface area contributed by atoms with Crippen molar-refractivity contribution >= 4 is 5.97 Å². The van der Waals surface area contributed by atoms with E-state index in [1.807, 2.05) is 45.0 Å². The van der Waals surface area contributed by atoms with Crippen LogP contribution >= 0.6 is 0 Å². The molecule has 0 amide bonds. The minimum absolute atomic E-state index is 0.128. The van der Waals surface area contributed by atoms with E-state index in [0.717, 1.165) is 23.1 Å². The molecule has 156 valence electrons. The van der Waals surface area contributed by atoms with Crippen LogP contribution in [0.1, 0.15) is 59.5 Å². The Kier molecular flexibility index (Phi) is 6.94. The third-order valence-corrected chi connectivity index (χ3v) is 5.21. The van der Waals surface area contributed by atoms with E-state index in [4.69, 9.17) is 9.47 Å². The van der Waals surface area contributed by atoms with Gasteiger partial charge in [-0.05, 0) is 79.6 Å². The molecule has 0 aliphatic heterocycles. The Morgan fingerprint density at radius 2 is 1.57 bits per heavy atom. The Morgan fingerprint density at radius 1 is 0.900 bits per heavy atom. The first kappa shape index (κ1) is 21.6. The lowest BCUT2D eigenvalue weighted by Gasteiger charge is -2.19. The van der Waals surface area contributed by atoms with Gasteiger partial charge in [0.25, 0.3) is 0 Å². The topological polar surface area (TPSA) is 35.5 Å². The van der Waals surface area contributed by atoms with Gasteiger partial charge in [0.05, 0.1) is 5.56 Å². The predicted octanol–water partition coefficient (Wildman–Crippen LogP) is 6.86. The molecule has 30 heavy (non-hydrogen) atoms. The van der Waals surface area contributed by atoms with Crippen LogP contribution in [0, 0.1) is 19.8 Å². The Labute approximate surface area is 179 Å². The standard InChI is InChI=1S/C27H30O3/c1-18(2)15-22-11-13-23(14-12-22)21(5)29-26-17-24(16-19(3)20(26)4)27(28)30-25-9-7-6-8-10-25/h6-14,16-18,21H,15H2,1-5H3. The van der Waals surface area contributed by atoms with Crippen molar-refractivity contribution in [2.75, 3.05) is 0 Å². The smallest absolute Gasteiger partial charge is 0.343 e. The van der Waals surface area contributed by atoms with E-state index in [9.17, 15) is 4.79 Å². The van der Waals surface area contributed by atoms with Crippen molar-refractivity contribution in [3.05, 3.63) is 94.5 Å². The van der Waals surface area contributed by atoms with E-state index in [1.54, 1.807) is 18.2 Å². The third-order valence-electron chi connectivity index (χ3n) is 5.21. The second-order valence-corrected chi connectivity index (χ2v) is 8.22. The highest BCUT2D eigenvalue weighted by molar-refractivity contribution is 5.92. The molecule has 0 heterocycles. The number of carbonyl (C=O) groups excluding carboxylic acids is 1. The van der Waals surface area contributed by atoms with Crippen molar-refractivity contribution in [2.24, 2.45) is 5.92 Å². The first-order valence-electron chi connectivity index (χ1n) is 10.5. The summed E-state index contributed by atoms with van der Waals surface area (Å²) in [6.45, 7) is 10.5. The Morgan fingerprint density at radius 3 is 2.20 bits per heavy atom. The highest BCUT2D eigenvalue weighted by atomic mass is 16.5. The Hall–Kier alpha value is -3.07. The van der Waals surface area contributed by atoms with Gasteiger partial charge in [-0.1, -0.05) is 56.3 Å². The van der Waals surface area contributed by atoms with Crippen molar-refractivity contribution in [3.8, 4) is 11.5 Å². The predicted molar refractivity (Wildman–Crippen MR) is 121 cm³/mol. The molecule has 0 fully saturated rings. The van der Waals surface area contributed by atoms with Crippen LogP contribution in [0.4, 0.5) is 0 Å². The zero-order valence-electron chi connectivity index (χ0n) is 18.4. The molecule has 0 bridgehead atoms. The lowest BCUT2D eigenvalue weighted by atomic mass is 10.0. The van der Waals surface area contributed by atoms with Crippen LogP contribution in [-0.2, 0) is 6.42 Å². The van der Waals surface area contributed by atoms with Crippen LogP contribution in [0.3, 0.4) is 0 Å². The van der Waals surface area contributed by atoms with Gasteiger partial charge in [-0.3, -0.25) is 0 Å². The number of hydrogen-bond donors (Lipinski definition) is 0. The molecular formula is C27H30O3. The summed E-state index contributed by atoms with van der Waals surface area (Å²) in [5.74, 6) is 1.47. The fraction of sp³-hybridized carbons (Fsp3) is 0.296. The molecule has 3 aromatic rings. The fourth-order valence-electron chi connectivity index (χ4n) is 3.38. The van der Waals surface area contributed by atoms with Gasteiger partial charge in [-0.2, -0.15) is 0 Å².